The Bertz CT molecular complexity index is 3020. The van der Waals surface area contributed by atoms with Crippen LogP contribution in [0.3, 0.4) is 0 Å². The summed E-state index contributed by atoms with van der Waals surface area (Å²) < 4.78 is 22.0. The fraction of sp³-hybridized carbons (Fsp3) is 0.468. The average molecular weight is 1240 g/mol. The zero-order valence-electron chi connectivity index (χ0n) is 51.2. The van der Waals surface area contributed by atoms with Crippen LogP contribution in [0, 0.1) is 0 Å². The van der Waals surface area contributed by atoms with E-state index in [1.54, 1.807) is 6.07 Å². The van der Waals surface area contributed by atoms with Gasteiger partial charge in [0.25, 0.3) is 23.6 Å². The normalized spacial score (nSPS) is 12.2. The third kappa shape index (κ3) is 24.0. The van der Waals surface area contributed by atoms with Crippen LogP contribution in [0.2, 0.25) is 0 Å². The Hall–Kier alpha value is -8.89. The van der Waals surface area contributed by atoms with Crippen LogP contribution in [-0.2, 0) is 24.0 Å². The van der Waals surface area contributed by atoms with Crippen molar-refractivity contribution >= 4 is 76.0 Å². The summed E-state index contributed by atoms with van der Waals surface area (Å²) in [5.74, 6) is -5.29. The van der Waals surface area contributed by atoms with Gasteiger partial charge in [0.15, 0.2) is 0 Å². The highest BCUT2D eigenvalue weighted by atomic mass is 16.5. The molecule has 27 heteroatoms. The molecule has 4 aromatic carbocycles. The lowest BCUT2D eigenvalue weighted by atomic mass is 10.1. The van der Waals surface area contributed by atoms with Crippen molar-refractivity contribution in [2.24, 2.45) is 28.7 Å². The lowest BCUT2D eigenvalue weighted by Crippen LogP contribution is -2.44. The van der Waals surface area contributed by atoms with E-state index < -0.39 is 77.4 Å². The molecule has 0 saturated heterocycles. The monoisotopic (exact) mass is 1240 g/mol. The Balaban J connectivity index is 1.53. The number of ether oxygens (including phenoxy) is 4. The lowest BCUT2D eigenvalue weighted by Gasteiger charge is -2.22. The fourth-order valence-corrected chi connectivity index (χ4v) is 9.28. The molecule has 0 aromatic heterocycles. The maximum Gasteiger partial charge on any atom is 0.303 e. The van der Waals surface area contributed by atoms with E-state index >= 15 is 0 Å². The van der Waals surface area contributed by atoms with E-state index in [0.29, 0.717) is 103 Å². The van der Waals surface area contributed by atoms with Gasteiger partial charge in [0, 0.05) is 35.7 Å². The Kier molecular flexibility index (Phi) is 31.9. The second kappa shape index (κ2) is 39.1. The molecule has 19 N–H and O–H groups in total. The number of carbonyl (C=O) groups excluding carboxylic acids is 8. The standard InChI is InChI=1S/C62H89N13O14/c1-86-50-25-22-39(34-42(50)55(78)68-33-15-5-6-20-54(76)77)70-60(83)47(17-8-12-30-64)74-57(80)44-36-41(24-27-52(44)88-3)72-62(85)49(19-10-14-32-66)75-58(81)45-37-40(23-28-53(45)89-4)71-61(84)48(18-9-13-31-65)73-56(79)43-35-38(21-26-51(43)87-2)69-59(82)46(67)16-7-11-29-63/h21-28,34-37,46-49H,5-20,29-33,63-67H2,1-4H3,(H,68,78)(H,69,82)(H,70,83)(H,71,84)(H,72,85)(H,73,79)(H,74,80)(H,75,81)(H,76,77). The summed E-state index contributed by atoms with van der Waals surface area (Å²) in [5, 5.41) is 31.1. The van der Waals surface area contributed by atoms with Crippen molar-refractivity contribution in [3.05, 3.63) is 95.1 Å². The van der Waals surface area contributed by atoms with Crippen LogP contribution in [0.25, 0.3) is 0 Å². The van der Waals surface area contributed by atoms with Crippen molar-refractivity contribution in [2.45, 2.75) is 127 Å². The second-order valence-electron chi connectivity index (χ2n) is 20.9. The minimum absolute atomic E-state index is 0.0271. The molecule has 0 fully saturated rings. The third-order valence-electron chi connectivity index (χ3n) is 14.2. The number of nitrogens with two attached hydrogens (primary N) is 5. The van der Waals surface area contributed by atoms with Gasteiger partial charge in [-0.05, 0) is 182 Å². The molecule has 0 aliphatic carbocycles. The number of amides is 8. The Labute approximate surface area is 518 Å². The van der Waals surface area contributed by atoms with Gasteiger partial charge in [-0.15, -0.1) is 0 Å². The molecule has 486 valence electrons. The van der Waals surface area contributed by atoms with Gasteiger partial charge < -0.3 is 95.3 Å². The van der Waals surface area contributed by atoms with E-state index in [1.165, 1.54) is 95.2 Å². The van der Waals surface area contributed by atoms with Crippen LogP contribution < -0.4 is 90.2 Å². The zero-order valence-corrected chi connectivity index (χ0v) is 51.2. The van der Waals surface area contributed by atoms with Gasteiger partial charge in [0.05, 0.1) is 56.7 Å². The van der Waals surface area contributed by atoms with Crippen LogP contribution >= 0.6 is 0 Å². The zero-order chi connectivity index (χ0) is 65.3. The number of hydrogen-bond acceptors (Lipinski definition) is 18. The number of unbranched alkanes of at least 4 members (excludes halogenated alkanes) is 6. The van der Waals surface area contributed by atoms with Crippen LogP contribution in [-0.4, -0.2) is 144 Å². The fourth-order valence-electron chi connectivity index (χ4n) is 9.28. The number of rotatable bonds is 41. The van der Waals surface area contributed by atoms with E-state index in [0.717, 1.165) is 0 Å². The summed E-state index contributed by atoms with van der Waals surface area (Å²) >= 11 is 0. The van der Waals surface area contributed by atoms with Gasteiger partial charge in [-0.2, -0.15) is 0 Å². The van der Waals surface area contributed by atoms with Crippen LogP contribution in [0.5, 0.6) is 23.0 Å². The van der Waals surface area contributed by atoms with Gasteiger partial charge in [0.1, 0.15) is 41.1 Å². The van der Waals surface area contributed by atoms with Crippen molar-refractivity contribution in [2.75, 3.05) is 82.4 Å². The number of nitrogens with one attached hydrogen (secondary N) is 8. The van der Waals surface area contributed by atoms with E-state index in [9.17, 15) is 43.2 Å². The predicted molar refractivity (Wildman–Crippen MR) is 338 cm³/mol. The van der Waals surface area contributed by atoms with Crippen molar-refractivity contribution in [1.29, 1.82) is 0 Å². The Morgan fingerprint density at radius 2 is 0.697 bits per heavy atom. The molecule has 27 nitrogen and oxygen atoms in total. The highest BCUT2D eigenvalue weighted by Gasteiger charge is 2.29. The molecule has 0 radical (unpaired) electrons. The number of carboxylic acid groups (broad SMARTS) is 1. The predicted octanol–water partition coefficient (Wildman–Crippen LogP) is 4.09. The molecule has 4 rings (SSSR count). The maximum atomic E-state index is 14.3. The van der Waals surface area contributed by atoms with Crippen LogP contribution in [0.15, 0.2) is 72.8 Å². The minimum atomic E-state index is -1.18. The molecule has 4 unspecified atom stereocenters. The molecule has 0 aliphatic rings. The topological polar surface area (TPSA) is 437 Å². The van der Waals surface area contributed by atoms with E-state index in [1.807, 2.05) is 0 Å². The van der Waals surface area contributed by atoms with Crippen LogP contribution in [0.1, 0.15) is 144 Å². The number of hydrogen-bond donors (Lipinski definition) is 14. The van der Waals surface area contributed by atoms with Crippen molar-refractivity contribution in [3.8, 4) is 23.0 Å². The summed E-state index contributed by atoms with van der Waals surface area (Å²) in [6.45, 7) is 1.71. The van der Waals surface area contributed by atoms with Gasteiger partial charge in [-0.25, -0.2) is 0 Å². The molecule has 0 spiro atoms. The smallest absolute Gasteiger partial charge is 0.303 e. The third-order valence-corrected chi connectivity index (χ3v) is 14.2. The van der Waals surface area contributed by atoms with E-state index in [4.69, 9.17) is 52.7 Å². The van der Waals surface area contributed by atoms with Crippen molar-refractivity contribution < 1.29 is 67.2 Å². The van der Waals surface area contributed by atoms with E-state index in [-0.39, 0.29) is 100 Å². The number of carboxylic acids is 1. The number of methoxy groups -OCH3 is 4. The number of aliphatic carboxylic acids is 1. The van der Waals surface area contributed by atoms with Gasteiger partial charge in [0.2, 0.25) is 23.6 Å². The number of anilines is 4. The molecule has 4 atom stereocenters. The maximum absolute atomic E-state index is 14.3. The SMILES string of the molecule is COc1ccc(NC(=O)C(CCCCN)NC(=O)c2cc(NC(=O)C(CCCCN)NC(=O)c3cc(NC(=O)C(CCCCN)NC(=O)c4cc(NC(=O)C(N)CCCCN)ccc4OC)ccc3OC)ccc2OC)cc1C(=O)NCCCCCC(=O)O. The average Bonchev–Trinajstić information content (AvgIpc) is 2.00. The molecule has 4 aromatic rings. The van der Waals surface area contributed by atoms with Gasteiger partial charge in [-0.3, -0.25) is 43.2 Å². The first-order chi connectivity index (χ1) is 42.8. The van der Waals surface area contributed by atoms with Gasteiger partial charge >= 0.3 is 5.97 Å². The molecule has 0 bridgehead atoms. The first-order valence-corrected chi connectivity index (χ1v) is 29.8. The summed E-state index contributed by atoms with van der Waals surface area (Å²) in [6.07, 6.45) is 6.79. The highest BCUT2D eigenvalue weighted by molar-refractivity contribution is 6.07. The molecule has 0 saturated carbocycles. The summed E-state index contributed by atoms with van der Waals surface area (Å²) in [6, 6.07) is 13.3. The Morgan fingerprint density at radius 3 is 1.00 bits per heavy atom. The number of benzene rings is 4. The van der Waals surface area contributed by atoms with Crippen molar-refractivity contribution in [1.82, 2.24) is 21.3 Å². The lowest BCUT2D eigenvalue weighted by molar-refractivity contribution is -0.137. The summed E-state index contributed by atoms with van der Waals surface area (Å²) in [5.41, 5.74) is 29.9. The first-order valence-electron chi connectivity index (χ1n) is 29.8. The molecule has 89 heavy (non-hydrogen) atoms. The summed E-state index contributed by atoms with van der Waals surface area (Å²) in [7, 11) is 5.46. The van der Waals surface area contributed by atoms with Gasteiger partial charge in [-0.1, -0.05) is 12.8 Å². The number of carbonyl (C=O) groups is 9. The highest BCUT2D eigenvalue weighted by Crippen LogP contribution is 2.28. The molecule has 0 heterocycles. The first kappa shape index (κ1) is 72.6. The molecular weight excluding hydrogens is 1150 g/mol. The molecular formula is C62H89N13O14. The van der Waals surface area contributed by atoms with Crippen molar-refractivity contribution in [3.63, 3.8) is 0 Å². The Morgan fingerprint density at radius 1 is 0.393 bits per heavy atom. The quantitative estimate of drug-likeness (QED) is 0.0278. The largest absolute Gasteiger partial charge is 0.496 e. The molecule has 8 amide bonds. The summed E-state index contributed by atoms with van der Waals surface area (Å²) in [4.78, 5) is 122. The second-order valence-corrected chi connectivity index (χ2v) is 20.9. The minimum Gasteiger partial charge on any atom is -0.496 e. The molecule has 0 aliphatic heterocycles. The van der Waals surface area contributed by atoms with E-state index in [2.05, 4.69) is 42.5 Å². The van der Waals surface area contributed by atoms with Crippen LogP contribution in [0.4, 0.5) is 22.7 Å².